The standard InChI is InChI=1S/C12H16N4O3/c1-4-12(5-2,11(17)18)16-10(13-14-15-16)9-6-7-19-8(9)3/h6-7H,4-5H2,1-3H3,(H,17,18). The van der Waals surface area contributed by atoms with E-state index in [0.717, 1.165) is 0 Å². The van der Waals surface area contributed by atoms with Crippen molar-refractivity contribution in [2.24, 2.45) is 0 Å². The molecular weight excluding hydrogens is 248 g/mol. The summed E-state index contributed by atoms with van der Waals surface area (Å²) in [6.45, 7) is 5.41. The zero-order valence-corrected chi connectivity index (χ0v) is 11.1. The van der Waals surface area contributed by atoms with E-state index in [1.54, 1.807) is 13.0 Å². The van der Waals surface area contributed by atoms with Crippen LogP contribution in [-0.2, 0) is 10.3 Å². The summed E-state index contributed by atoms with van der Waals surface area (Å²) in [4.78, 5) is 11.6. The van der Waals surface area contributed by atoms with Crippen LogP contribution in [0.1, 0.15) is 32.4 Å². The molecule has 7 heteroatoms. The molecule has 0 fully saturated rings. The summed E-state index contributed by atoms with van der Waals surface area (Å²) in [5.74, 6) is 0.132. The summed E-state index contributed by atoms with van der Waals surface area (Å²) in [5, 5.41) is 21.0. The van der Waals surface area contributed by atoms with Gasteiger partial charge in [0.25, 0.3) is 0 Å². The highest BCUT2D eigenvalue weighted by atomic mass is 16.4. The molecule has 0 spiro atoms. The Kier molecular flexibility index (Phi) is 3.37. The van der Waals surface area contributed by atoms with E-state index in [0.29, 0.717) is 30.0 Å². The molecule has 0 aliphatic rings. The van der Waals surface area contributed by atoms with Gasteiger partial charge in [-0.2, -0.15) is 0 Å². The highest BCUT2D eigenvalue weighted by molar-refractivity contribution is 5.77. The molecular formula is C12H16N4O3. The van der Waals surface area contributed by atoms with Crippen molar-refractivity contribution in [3.8, 4) is 11.4 Å². The zero-order chi connectivity index (χ0) is 14.0. The molecule has 0 bridgehead atoms. The quantitative estimate of drug-likeness (QED) is 0.885. The lowest BCUT2D eigenvalue weighted by Gasteiger charge is -2.27. The Morgan fingerprint density at radius 3 is 2.63 bits per heavy atom. The fraction of sp³-hybridized carbons (Fsp3) is 0.500. The molecule has 2 aromatic rings. The number of furan rings is 1. The Bertz CT molecular complexity index is 583. The van der Waals surface area contributed by atoms with Crippen LogP contribution in [0.25, 0.3) is 11.4 Å². The number of hydrogen-bond acceptors (Lipinski definition) is 5. The molecule has 0 unspecified atom stereocenters. The number of hydrogen-bond donors (Lipinski definition) is 1. The summed E-state index contributed by atoms with van der Waals surface area (Å²) in [6.07, 6.45) is 2.32. The van der Waals surface area contributed by atoms with Gasteiger partial charge < -0.3 is 9.52 Å². The van der Waals surface area contributed by atoms with Crippen molar-refractivity contribution in [2.45, 2.75) is 39.2 Å². The van der Waals surface area contributed by atoms with Crippen molar-refractivity contribution in [1.29, 1.82) is 0 Å². The number of aliphatic carboxylic acids is 1. The second-order valence-corrected chi connectivity index (χ2v) is 4.35. The molecule has 2 rings (SSSR count). The van der Waals surface area contributed by atoms with Crippen LogP contribution < -0.4 is 0 Å². The van der Waals surface area contributed by atoms with E-state index < -0.39 is 11.5 Å². The molecule has 0 atom stereocenters. The first-order valence-electron chi connectivity index (χ1n) is 6.13. The van der Waals surface area contributed by atoms with Crippen LogP contribution in [0, 0.1) is 6.92 Å². The molecule has 0 amide bonds. The number of carboxylic acids is 1. The molecule has 102 valence electrons. The fourth-order valence-electron chi connectivity index (χ4n) is 2.20. The van der Waals surface area contributed by atoms with Gasteiger partial charge in [-0.15, -0.1) is 5.10 Å². The maximum atomic E-state index is 11.6. The van der Waals surface area contributed by atoms with Crippen molar-refractivity contribution in [3.63, 3.8) is 0 Å². The minimum atomic E-state index is -1.14. The van der Waals surface area contributed by atoms with Crippen LogP contribution in [0.2, 0.25) is 0 Å². The summed E-state index contributed by atoms with van der Waals surface area (Å²) in [5.41, 5.74) is -0.430. The lowest BCUT2D eigenvalue weighted by Crippen LogP contribution is -2.42. The summed E-state index contributed by atoms with van der Waals surface area (Å²) in [7, 11) is 0. The number of aromatic nitrogens is 4. The molecule has 0 saturated carbocycles. The lowest BCUT2D eigenvalue weighted by molar-refractivity contribution is -0.148. The van der Waals surface area contributed by atoms with Gasteiger partial charge in [-0.1, -0.05) is 13.8 Å². The van der Waals surface area contributed by atoms with Gasteiger partial charge in [-0.25, -0.2) is 9.48 Å². The maximum Gasteiger partial charge on any atom is 0.331 e. The summed E-state index contributed by atoms with van der Waals surface area (Å²) < 4.78 is 6.61. The highest BCUT2D eigenvalue weighted by Crippen LogP contribution is 2.31. The highest BCUT2D eigenvalue weighted by Gasteiger charge is 2.40. The second-order valence-electron chi connectivity index (χ2n) is 4.35. The molecule has 19 heavy (non-hydrogen) atoms. The van der Waals surface area contributed by atoms with Gasteiger partial charge in [0, 0.05) is 0 Å². The van der Waals surface area contributed by atoms with E-state index in [2.05, 4.69) is 15.5 Å². The van der Waals surface area contributed by atoms with Crippen molar-refractivity contribution < 1.29 is 14.3 Å². The van der Waals surface area contributed by atoms with Gasteiger partial charge in [0.1, 0.15) is 5.76 Å². The number of rotatable bonds is 5. The van der Waals surface area contributed by atoms with E-state index >= 15 is 0 Å². The summed E-state index contributed by atoms with van der Waals surface area (Å²) >= 11 is 0. The molecule has 2 heterocycles. The molecule has 1 N–H and O–H groups in total. The van der Waals surface area contributed by atoms with E-state index in [1.165, 1.54) is 10.9 Å². The monoisotopic (exact) mass is 264 g/mol. The van der Waals surface area contributed by atoms with E-state index in [9.17, 15) is 9.90 Å². The average Bonchev–Trinajstić information content (AvgIpc) is 3.00. The average molecular weight is 264 g/mol. The van der Waals surface area contributed by atoms with Crippen LogP contribution in [0.5, 0.6) is 0 Å². The largest absolute Gasteiger partial charge is 0.479 e. The Morgan fingerprint density at radius 2 is 2.16 bits per heavy atom. The number of carbonyl (C=O) groups is 1. The van der Waals surface area contributed by atoms with Crippen LogP contribution in [-0.4, -0.2) is 31.3 Å². The SMILES string of the molecule is CCC(CC)(C(=O)O)n1nnnc1-c1ccoc1C. The van der Waals surface area contributed by atoms with Crippen molar-refractivity contribution >= 4 is 5.97 Å². The van der Waals surface area contributed by atoms with Gasteiger partial charge in [0.2, 0.25) is 0 Å². The first kappa shape index (κ1) is 13.3. The van der Waals surface area contributed by atoms with Crippen molar-refractivity contribution in [1.82, 2.24) is 20.2 Å². The molecule has 0 aliphatic heterocycles. The van der Waals surface area contributed by atoms with Crippen LogP contribution in [0.15, 0.2) is 16.7 Å². The van der Waals surface area contributed by atoms with Gasteiger partial charge in [0.05, 0.1) is 11.8 Å². The topological polar surface area (TPSA) is 94.0 Å². The van der Waals surface area contributed by atoms with Crippen LogP contribution >= 0.6 is 0 Å². The number of aryl methyl sites for hydroxylation is 1. The Balaban J connectivity index is 2.61. The zero-order valence-electron chi connectivity index (χ0n) is 11.1. The first-order chi connectivity index (χ1) is 9.06. The normalized spacial score (nSPS) is 11.7. The van der Waals surface area contributed by atoms with Gasteiger partial charge in [-0.05, 0) is 36.3 Å². The number of tetrazole rings is 1. The lowest BCUT2D eigenvalue weighted by atomic mass is 9.93. The molecule has 7 nitrogen and oxygen atoms in total. The minimum absolute atomic E-state index is 0.397. The van der Waals surface area contributed by atoms with E-state index in [1.807, 2.05) is 13.8 Å². The predicted molar refractivity (Wildman–Crippen MR) is 66.4 cm³/mol. The molecule has 0 aromatic carbocycles. The van der Waals surface area contributed by atoms with Gasteiger partial charge in [0.15, 0.2) is 11.4 Å². The van der Waals surface area contributed by atoms with Gasteiger partial charge >= 0.3 is 5.97 Å². The Hall–Kier alpha value is -2.18. The van der Waals surface area contributed by atoms with E-state index in [4.69, 9.17) is 4.42 Å². The number of carboxylic acid groups (broad SMARTS) is 1. The fourth-order valence-corrected chi connectivity index (χ4v) is 2.20. The minimum Gasteiger partial charge on any atom is -0.479 e. The third kappa shape index (κ3) is 1.91. The Labute approximate surface area is 110 Å². The smallest absolute Gasteiger partial charge is 0.331 e. The van der Waals surface area contributed by atoms with E-state index in [-0.39, 0.29) is 0 Å². The first-order valence-corrected chi connectivity index (χ1v) is 6.13. The molecule has 0 saturated heterocycles. The number of nitrogens with zero attached hydrogens (tertiary/aromatic N) is 4. The molecule has 0 radical (unpaired) electrons. The van der Waals surface area contributed by atoms with Gasteiger partial charge in [-0.3, -0.25) is 0 Å². The van der Waals surface area contributed by atoms with Crippen LogP contribution in [0.3, 0.4) is 0 Å². The third-order valence-corrected chi connectivity index (χ3v) is 3.54. The molecule has 0 aliphatic carbocycles. The predicted octanol–water partition coefficient (Wildman–Crippen LogP) is 1.84. The Morgan fingerprint density at radius 1 is 1.47 bits per heavy atom. The summed E-state index contributed by atoms with van der Waals surface area (Å²) in [6, 6.07) is 1.73. The second kappa shape index (κ2) is 4.83. The van der Waals surface area contributed by atoms with Crippen molar-refractivity contribution in [3.05, 3.63) is 18.1 Å². The van der Waals surface area contributed by atoms with Crippen LogP contribution in [0.4, 0.5) is 0 Å². The maximum absolute atomic E-state index is 11.6. The molecule has 2 aromatic heterocycles. The third-order valence-electron chi connectivity index (χ3n) is 3.54. The van der Waals surface area contributed by atoms with Crippen molar-refractivity contribution in [2.75, 3.05) is 0 Å².